The standard InChI is InChI=1S/C27H28N2O3/c1-19-8-9-20(2)23(16-19)26(21-6-4-3-5-7-21)28-12-14-29(15-13-28)27(30)22-10-11-24-25(17-22)32-18-31-24/h3-11,16-17,26H,12-15,18H2,1-2H3/t26-/m0/s1. The fourth-order valence-corrected chi connectivity index (χ4v) is 4.67. The molecule has 0 unspecified atom stereocenters. The largest absolute Gasteiger partial charge is 0.454 e. The van der Waals surface area contributed by atoms with Crippen LogP contribution in [0.5, 0.6) is 11.5 Å². The van der Waals surface area contributed by atoms with Gasteiger partial charge in [-0.1, -0.05) is 54.1 Å². The van der Waals surface area contributed by atoms with Crippen molar-refractivity contribution in [2.24, 2.45) is 0 Å². The second kappa shape index (κ2) is 8.67. The van der Waals surface area contributed by atoms with Gasteiger partial charge in [-0.15, -0.1) is 0 Å². The number of hydrogen-bond donors (Lipinski definition) is 0. The van der Waals surface area contributed by atoms with Crippen LogP contribution in [0.4, 0.5) is 0 Å². The van der Waals surface area contributed by atoms with Gasteiger partial charge in [-0.05, 0) is 48.7 Å². The Hall–Kier alpha value is -3.31. The monoisotopic (exact) mass is 428 g/mol. The van der Waals surface area contributed by atoms with Gasteiger partial charge in [-0.2, -0.15) is 0 Å². The second-order valence-electron chi connectivity index (χ2n) is 8.57. The van der Waals surface area contributed by atoms with Gasteiger partial charge in [0.1, 0.15) is 0 Å². The van der Waals surface area contributed by atoms with Crippen molar-refractivity contribution < 1.29 is 14.3 Å². The number of hydrogen-bond acceptors (Lipinski definition) is 4. The molecule has 0 bridgehead atoms. The summed E-state index contributed by atoms with van der Waals surface area (Å²) >= 11 is 0. The Morgan fingerprint density at radius 1 is 0.844 bits per heavy atom. The Balaban J connectivity index is 1.36. The number of aryl methyl sites for hydroxylation is 2. The first kappa shape index (κ1) is 20.6. The molecule has 1 amide bonds. The summed E-state index contributed by atoms with van der Waals surface area (Å²) in [5, 5.41) is 0. The molecule has 3 aromatic carbocycles. The summed E-state index contributed by atoms with van der Waals surface area (Å²) in [5.41, 5.74) is 5.84. The zero-order valence-electron chi connectivity index (χ0n) is 18.6. The zero-order valence-corrected chi connectivity index (χ0v) is 18.6. The highest BCUT2D eigenvalue weighted by Crippen LogP contribution is 2.34. The van der Waals surface area contributed by atoms with Crippen molar-refractivity contribution in [3.8, 4) is 11.5 Å². The lowest BCUT2D eigenvalue weighted by atomic mass is 9.92. The molecule has 0 radical (unpaired) electrons. The van der Waals surface area contributed by atoms with E-state index >= 15 is 0 Å². The van der Waals surface area contributed by atoms with Crippen LogP contribution in [0.3, 0.4) is 0 Å². The molecule has 1 fully saturated rings. The van der Waals surface area contributed by atoms with Gasteiger partial charge in [0.15, 0.2) is 11.5 Å². The van der Waals surface area contributed by atoms with Crippen LogP contribution in [0.25, 0.3) is 0 Å². The molecule has 1 saturated heterocycles. The predicted octanol–water partition coefficient (Wildman–Crippen LogP) is 4.58. The highest BCUT2D eigenvalue weighted by atomic mass is 16.7. The summed E-state index contributed by atoms with van der Waals surface area (Å²) in [6.07, 6.45) is 0. The Kier molecular flexibility index (Phi) is 5.58. The van der Waals surface area contributed by atoms with E-state index in [2.05, 4.69) is 67.3 Å². The van der Waals surface area contributed by atoms with E-state index in [1.54, 1.807) is 6.07 Å². The number of benzene rings is 3. The van der Waals surface area contributed by atoms with E-state index in [9.17, 15) is 4.79 Å². The molecule has 3 aromatic rings. The van der Waals surface area contributed by atoms with E-state index in [1.165, 1.54) is 22.3 Å². The first-order valence-corrected chi connectivity index (χ1v) is 11.2. The van der Waals surface area contributed by atoms with Crippen molar-refractivity contribution in [3.05, 3.63) is 94.5 Å². The van der Waals surface area contributed by atoms with Gasteiger partial charge >= 0.3 is 0 Å². The summed E-state index contributed by atoms with van der Waals surface area (Å²) < 4.78 is 10.8. The summed E-state index contributed by atoms with van der Waals surface area (Å²) in [7, 11) is 0. The van der Waals surface area contributed by atoms with Crippen LogP contribution in [0.1, 0.15) is 38.7 Å². The summed E-state index contributed by atoms with van der Waals surface area (Å²) in [6.45, 7) is 7.58. The minimum atomic E-state index is 0.0472. The number of ether oxygens (including phenoxy) is 2. The molecule has 2 aliphatic rings. The Morgan fingerprint density at radius 3 is 2.38 bits per heavy atom. The van der Waals surface area contributed by atoms with Crippen molar-refractivity contribution in [1.82, 2.24) is 9.80 Å². The Bertz CT molecular complexity index is 1120. The van der Waals surface area contributed by atoms with E-state index in [1.807, 2.05) is 17.0 Å². The number of piperazine rings is 1. The Morgan fingerprint density at radius 2 is 1.59 bits per heavy atom. The third-order valence-electron chi connectivity index (χ3n) is 6.43. The lowest BCUT2D eigenvalue weighted by molar-refractivity contribution is 0.0596. The zero-order chi connectivity index (χ0) is 22.1. The van der Waals surface area contributed by atoms with Gasteiger partial charge in [-0.25, -0.2) is 0 Å². The first-order chi connectivity index (χ1) is 15.6. The number of nitrogens with zero attached hydrogens (tertiary/aromatic N) is 2. The van der Waals surface area contributed by atoms with Crippen molar-refractivity contribution in [1.29, 1.82) is 0 Å². The molecule has 1 atom stereocenters. The fourth-order valence-electron chi connectivity index (χ4n) is 4.67. The number of amides is 1. The van der Waals surface area contributed by atoms with E-state index in [0.29, 0.717) is 30.2 Å². The first-order valence-electron chi connectivity index (χ1n) is 11.2. The van der Waals surface area contributed by atoms with Gasteiger partial charge in [0, 0.05) is 31.7 Å². The summed E-state index contributed by atoms with van der Waals surface area (Å²) in [6, 6.07) is 23.0. The summed E-state index contributed by atoms with van der Waals surface area (Å²) in [4.78, 5) is 17.6. The Labute approximate surface area is 189 Å². The number of carbonyl (C=O) groups is 1. The molecular formula is C27H28N2O3. The minimum Gasteiger partial charge on any atom is -0.454 e. The molecule has 0 N–H and O–H groups in total. The number of rotatable bonds is 4. The second-order valence-corrected chi connectivity index (χ2v) is 8.57. The van der Waals surface area contributed by atoms with Crippen molar-refractivity contribution in [3.63, 3.8) is 0 Å². The van der Waals surface area contributed by atoms with Crippen LogP contribution in [0.2, 0.25) is 0 Å². The highest BCUT2D eigenvalue weighted by molar-refractivity contribution is 5.95. The van der Waals surface area contributed by atoms with Crippen molar-refractivity contribution >= 4 is 5.91 Å². The van der Waals surface area contributed by atoms with Gasteiger partial charge < -0.3 is 14.4 Å². The molecule has 5 nitrogen and oxygen atoms in total. The molecule has 0 saturated carbocycles. The van der Waals surface area contributed by atoms with E-state index in [4.69, 9.17) is 9.47 Å². The van der Waals surface area contributed by atoms with Crippen molar-refractivity contribution in [2.75, 3.05) is 33.0 Å². The molecule has 0 aliphatic carbocycles. The lowest BCUT2D eigenvalue weighted by Crippen LogP contribution is -2.50. The fraction of sp³-hybridized carbons (Fsp3) is 0.296. The molecule has 32 heavy (non-hydrogen) atoms. The molecule has 5 rings (SSSR count). The summed E-state index contributed by atoms with van der Waals surface area (Å²) in [5.74, 6) is 1.39. The number of carbonyl (C=O) groups excluding carboxylic acids is 1. The third kappa shape index (κ3) is 3.96. The van der Waals surface area contributed by atoms with E-state index in [-0.39, 0.29) is 18.7 Å². The SMILES string of the molecule is Cc1ccc(C)c([C@H](c2ccccc2)N2CCN(C(=O)c3ccc4c(c3)OCO4)CC2)c1. The molecular weight excluding hydrogens is 400 g/mol. The van der Waals surface area contributed by atoms with Gasteiger partial charge in [0.05, 0.1) is 6.04 Å². The maximum atomic E-state index is 13.1. The lowest BCUT2D eigenvalue weighted by Gasteiger charge is -2.40. The highest BCUT2D eigenvalue weighted by Gasteiger charge is 2.30. The van der Waals surface area contributed by atoms with Crippen LogP contribution >= 0.6 is 0 Å². The van der Waals surface area contributed by atoms with Crippen LogP contribution in [-0.4, -0.2) is 48.7 Å². The maximum Gasteiger partial charge on any atom is 0.254 e. The molecule has 2 aliphatic heterocycles. The van der Waals surface area contributed by atoms with Crippen LogP contribution in [0.15, 0.2) is 66.7 Å². The quantitative estimate of drug-likeness (QED) is 0.610. The third-order valence-corrected chi connectivity index (χ3v) is 6.43. The molecule has 0 aromatic heterocycles. The average molecular weight is 429 g/mol. The van der Waals surface area contributed by atoms with E-state index < -0.39 is 0 Å². The minimum absolute atomic E-state index is 0.0472. The number of fused-ring (bicyclic) bond motifs is 1. The van der Waals surface area contributed by atoms with E-state index in [0.717, 1.165) is 13.1 Å². The van der Waals surface area contributed by atoms with Gasteiger partial charge in [-0.3, -0.25) is 9.69 Å². The van der Waals surface area contributed by atoms with Crippen LogP contribution in [0, 0.1) is 13.8 Å². The average Bonchev–Trinajstić information content (AvgIpc) is 3.30. The topological polar surface area (TPSA) is 42.0 Å². The smallest absolute Gasteiger partial charge is 0.254 e. The predicted molar refractivity (Wildman–Crippen MR) is 124 cm³/mol. The normalized spacial score (nSPS) is 16.8. The van der Waals surface area contributed by atoms with Crippen LogP contribution in [-0.2, 0) is 0 Å². The molecule has 164 valence electrons. The van der Waals surface area contributed by atoms with Gasteiger partial charge in [0.2, 0.25) is 6.79 Å². The van der Waals surface area contributed by atoms with Crippen molar-refractivity contribution in [2.45, 2.75) is 19.9 Å². The molecule has 5 heteroatoms. The van der Waals surface area contributed by atoms with Crippen LogP contribution < -0.4 is 9.47 Å². The van der Waals surface area contributed by atoms with Gasteiger partial charge in [0.25, 0.3) is 5.91 Å². The molecule has 0 spiro atoms. The maximum absolute atomic E-state index is 13.1. The molecule has 2 heterocycles.